The third-order valence-electron chi connectivity index (χ3n) is 4.63. The standard InChI is InChI=1S/C24H31FN2O2/c1-6-21(23(29)26-24(3,4)5)27(16-19-11-13-20(25)14-12-19)22(28)15-18-9-7-17(2)8-10-18/h7-14,21H,6,15-16H2,1-5H3,(H,26,29). The Morgan fingerprint density at radius 2 is 1.55 bits per heavy atom. The Morgan fingerprint density at radius 3 is 2.07 bits per heavy atom. The van der Waals surface area contributed by atoms with E-state index in [1.165, 1.54) is 12.1 Å². The first-order chi connectivity index (χ1) is 13.6. The van der Waals surface area contributed by atoms with Crippen molar-refractivity contribution in [2.24, 2.45) is 0 Å². The Hall–Kier alpha value is -2.69. The second-order valence-electron chi connectivity index (χ2n) is 8.47. The fourth-order valence-corrected chi connectivity index (χ4v) is 3.14. The molecule has 2 aromatic rings. The maximum absolute atomic E-state index is 13.3. The summed E-state index contributed by atoms with van der Waals surface area (Å²) in [5, 5.41) is 2.98. The van der Waals surface area contributed by atoms with Gasteiger partial charge in [0.05, 0.1) is 6.42 Å². The van der Waals surface area contributed by atoms with E-state index in [0.29, 0.717) is 6.42 Å². The van der Waals surface area contributed by atoms with Crippen LogP contribution in [0.25, 0.3) is 0 Å². The number of nitrogens with one attached hydrogen (secondary N) is 1. The minimum Gasteiger partial charge on any atom is -0.350 e. The van der Waals surface area contributed by atoms with Gasteiger partial charge >= 0.3 is 0 Å². The number of amides is 2. The zero-order valence-electron chi connectivity index (χ0n) is 18.0. The summed E-state index contributed by atoms with van der Waals surface area (Å²) in [6.45, 7) is 9.88. The molecule has 2 aromatic carbocycles. The van der Waals surface area contributed by atoms with E-state index in [1.54, 1.807) is 17.0 Å². The molecule has 2 rings (SSSR count). The first-order valence-corrected chi connectivity index (χ1v) is 10.0. The van der Waals surface area contributed by atoms with Crippen molar-refractivity contribution < 1.29 is 14.0 Å². The first-order valence-electron chi connectivity index (χ1n) is 10.0. The van der Waals surface area contributed by atoms with Crippen LogP contribution in [-0.2, 0) is 22.6 Å². The summed E-state index contributed by atoms with van der Waals surface area (Å²) in [6.07, 6.45) is 0.698. The second kappa shape index (κ2) is 9.68. The predicted octanol–water partition coefficient (Wildman–Crippen LogP) is 4.40. The number of halogens is 1. The van der Waals surface area contributed by atoms with E-state index in [-0.39, 0.29) is 30.6 Å². The Kier molecular flexibility index (Phi) is 7.54. The van der Waals surface area contributed by atoms with Gasteiger partial charge in [-0.2, -0.15) is 0 Å². The van der Waals surface area contributed by atoms with Crippen molar-refractivity contribution in [1.29, 1.82) is 0 Å². The zero-order valence-corrected chi connectivity index (χ0v) is 18.0. The molecule has 5 heteroatoms. The molecule has 0 bridgehead atoms. The summed E-state index contributed by atoms with van der Waals surface area (Å²) in [5.74, 6) is -0.641. The molecule has 2 amide bonds. The lowest BCUT2D eigenvalue weighted by atomic mass is 10.0. The third kappa shape index (κ3) is 7.00. The van der Waals surface area contributed by atoms with Crippen molar-refractivity contribution in [1.82, 2.24) is 10.2 Å². The Balaban J connectivity index is 2.29. The maximum atomic E-state index is 13.3. The molecule has 0 aliphatic heterocycles. The van der Waals surface area contributed by atoms with Gasteiger partial charge in [0.15, 0.2) is 0 Å². The molecule has 1 N–H and O–H groups in total. The van der Waals surface area contributed by atoms with Crippen molar-refractivity contribution >= 4 is 11.8 Å². The highest BCUT2D eigenvalue weighted by molar-refractivity contribution is 5.88. The van der Waals surface area contributed by atoms with Crippen LogP contribution in [0.15, 0.2) is 48.5 Å². The van der Waals surface area contributed by atoms with Crippen LogP contribution < -0.4 is 5.32 Å². The molecule has 0 fully saturated rings. The van der Waals surface area contributed by atoms with E-state index in [2.05, 4.69) is 5.32 Å². The van der Waals surface area contributed by atoms with Crippen LogP contribution in [-0.4, -0.2) is 28.3 Å². The summed E-state index contributed by atoms with van der Waals surface area (Å²) in [6, 6.07) is 13.2. The topological polar surface area (TPSA) is 49.4 Å². The normalized spacial score (nSPS) is 12.3. The Morgan fingerprint density at radius 1 is 1.00 bits per heavy atom. The van der Waals surface area contributed by atoms with Crippen LogP contribution in [0, 0.1) is 12.7 Å². The van der Waals surface area contributed by atoms with E-state index in [1.807, 2.05) is 58.9 Å². The number of carbonyl (C=O) groups excluding carboxylic acids is 2. The lowest BCUT2D eigenvalue weighted by Gasteiger charge is -2.33. The van der Waals surface area contributed by atoms with E-state index < -0.39 is 11.6 Å². The van der Waals surface area contributed by atoms with Gasteiger partial charge < -0.3 is 10.2 Å². The van der Waals surface area contributed by atoms with Crippen LogP contribution in [0.4, 0.5) is 4.39 Å². The molecule has 4 nitrogen and oxygen atoms in total. The first kappa shape index (κ1) is 22.6. The summed E-state index contributed by atoms with van der Waals surface area (Å²) in [7, 11) is 0. The molecule has 0 heterocycles. The molecule has 0 radical (unpaired) electrons. The monoisotopic (exact) mass is 398 g/mol. The molecule has 156 valence electrons. The van der Waals surface area contributed by atoms with Gasteiger partial charge in [0.25, 0.3) is 0 Å². The third-order valence-corrected chi connectivity index (χ3v) is 4.63. The number of carbonyl (C=O) groups is 2. The average molecular weight is 399 g/mol. The van der Waals surface area contributed by atoms with Gasteiger partial charge in [0.2, 0.25) is 11.8 Å². The van der Waals surface area contributed by atoms with Gasteiger partial charge in [0.1, 0.15) is 11.9 Å². The van der Waals surface area contributed by atoms with Crippen LogP contribution in [0.5, 0.6) is 0 Å². The smallest absolute Gasteiger partial charge is 0.243 e. The van der Waals surface area contributed by atoms with E-state index in [4.69, 9.17) is 0 Å². The number of hydrogen-bond donors (Lipinski definition) is 1. The number of nitrogens with zero attached hydrogens (tertiary/aromatic N) is 1. The number of rotatable bonds is 7. The minimum atomic E-state index is -0.600. The van der Waals surface area contributed by atoms with Gasteiger partial charge in [-0.15, -0.1) is 0 Å². The van der Waals surface area contributed by atoms with E-state index in [9.17, 15) is 14.0 Å². The van der Waals surface area contributed by atoms with Gasteiger partial charge in [-0.05, 0) is 57.4 Å². The van der Waals surface area contributed by atoms with Crippen LogP contribution >= 0.6 is 0 Å². The van der Waals surface area contributed by atoms with Gasteiger partial charge in [-0.25, -0.2) is 4.39 Å². The molecule has 29 heavy (non-hydrogen) atoms. The summed E-state index contributed by atoms with van der Waals surface area (Å²) < 4.78 is 13.3. The highest BCUT2D eigenvalue weighted by atomic mass is 19.1. The quantitative estimate of drug-likeness (QED) is 0.752. The van der Waals surface area contributed by atoms with E-state index >= 15 is 0 Å². The largest absolute Gasteiger partial charge is 0.350 e. The molecule has 1 unspecified atom stereocenters. The van der Waals surface area contributed by atoms with Crippen LogP contribution in [0.2, 0.25) is 0 Å². The molecule has 0 aliphatic carbocycles. The second-order valence-corrected chi connectivity index (χ2v) is 8.47. The van der Waals surface area contributed by atoms with Gasteiger partial charge in [0, 0.05) is 12.1 Å². The Labute approximate surface area is 173 Å². The highest BCUT2D eigenvalue weighted by Crippen LogP contribution is 2.16. The molecule has 0 spiro atoms. The molecule has 0 saturated carbocycles. The highest BCUT2D eigenvalue weighted by Gasteiger charge is 2.30. The molecular formula is C24H31FN2O2. The fourth-order valence-electron chi connectivity index (χ4n) is 3.14. The summed E-state index contributed by atoms with van der Waals surface area (Å²) in [5.41, 5.74) is 2.41. The minimum absolute atomic E-state index is 0.130. The molecule has 0 aromatic heterocycles. The zero-order chi connectivity index (χ0) is 21.6. The molecule has 0 saturated heterocycles. The van der Waals surface area contributed by atoms with Crippen molar-refractivity contribution in [2.45, 2.75) is 65.6 Å². The number of benzene rings is 2. The van der Waals surface area contributed by atoms with E-state index in [0.717, 1.165) is 16.7 Å². The van der Waals surface area contributed by atoms with Crippen molar-refractivity contribution in [3.63, 3.8) is 0 Å². The average Bonchev–Trinajstić information content (AvgIpc) is 2.63. The number of hydrogen-bond acceptors (Lipinski definition) is 2. The lowest BCUT2D eigenvalue weighted by molar-refractivity contribution is -0.141. The summed E-state index contributed by atoms with van der Waals surface area (Å²) >= 11 is 0. The van der Waals surface area contributed by atoms with Crippen molar-refractivity contribution in [3.8, 4) is 0 Å². The van der Waals surface area contributed by atoms with Crippen LogP contribution in [0.1, 0.15) is 50.8 Å². The Bertz CT molecular complexity index is 823. The SMILES string of the molecule is CCC(C(=O)NC(C)(C)C)N(Cc1ccc(F)cc1)C(=O)Cc1ccc(C)cc1. The lowest BCUT2D eigenvalue weighted by Crippen LogP contribution is -2.53. The number of aryl methyl sites for hydroxylation is 1. The molecular weight excluding hydrogens is 367 g/mol. The van der Waals surface area contributed by atoms with Crippen molar-refractivity contribution in [2.75, 3.05) is 0 Å². The van der Waals surface area contributed by atoms with Crippen LogP contribution in [0.3, 0.4) is 0 Å². The molecule has 1 atom stereocenters. The van der Waals surface area contributed by atoms with Gasteiger partial charge in [-0.1, -0.05) is 48.9 Å². The summed E-state index contributed by atoms with van der Waals surface area (Å²) in [4.78, 5) is 27.7. The van der Waals surface area contributed by atoms with Gasteiger partial charge in [-0.3, -0.25) is 9.59 Å². The fraction of sp³-hybridized carbons (Fsp3) is 0.417. The maximum Gasteiger partial charge on any atom is 0.243 e. The molecule has 0 aliphatic rings. The van der Waals surface area contributed by atoms with Crippen molar-refractivity contribution in [3.05, 3.63) is 71.0 Å². The predicted molar refractivity (Wildman–Crippen MR) is 114 cm³/mol.